The van der Waals surface area contributed by atoms with Crippen LogP contribution in [0.4, 0.5) is 15.2 Å². The van der Waals surface area contributed by atoms with Crippen LogP contribution in [-0.2, 0) is 0 Å². The van der Waals surface area contributed by atoms with Crippen molar-refractivity contribution in [2.24, 2.45) is 0 Å². The van der Waals surface area contributed by atoms with Gasteiger partial charge in [-0.15, -0.1) is 0 Å². The Morgan fingerprint density at radius 1 is 1.19 bits per heavy atom. The molecule has 0 bridgehead atoms. The fraction of sp³-hybridized carbons (Fsp3) is 0. The maximum atomic E-state index is 13.3. The van der Waals surface area contributed by atoms with Crippen LogP contribution in [0.2, 0.25) is 0 Å². The van der Waals surface area contributed by atoms with E-state index in [-0.39, 0.29) is 28.6 Å². The number of anilines is 1. The highest BCUT2D eigenvalue weighted by Crippen LogP contribution is 2.31. The molecule has 0 saturated carbocycles. The standard InChI is InChI=1S/C18H10FN3O4S/c19-10-5-6-12-16(9-10)27-18(20-12)21-17(23)15-8-7-14(26-15)11-3-1-2-4-13(11)22(24)25/h1-9H,(H,20,21,23). The van der Waals surface area contributed by atoms with Crippen molar-refractivity contribution in [2.75, 3.05) is 5.32 Å². The van der Waals surface area contributed by atoms with Crippen LogP contribution >= 0.6 is 11.3 Å². The fourth-order valence-electron chi connectivity index (χ4n) is 2.56. The third-order valence-electron chi connectivity index (χ3n) is 3.77. The van der Waals surface area contributed by atoms with Gasteiger partial charge in [-0.1, -0.05) is 23.5 Å². The minimum Gasteiger partial charge on any atom is -0.451 e. The molecule has 0 unspecified atom stereocenters. The largest absolute Gasteiger partial charge is 0.451 e. The molecule has 4 rings (SSSR count). The van der Waals surface area contributed by atoms with Crippen molar-refractivity contribution in [3.63, 3.8) is 0 Å². The summed E-state index contributed by atoms with van der Waals surface area (Å²) < 4.78 is 19.3. The van der Waals surface area contributed by atoms with Gasteiger partial charge in [0.25, 0.3) is 11.6 Å². The van der Waals surface area contributed by atoms with Crippen LogP contribution < -0.4 is 5.32 Å². The maximum absolute atomic E-state index is 13.3. The zero-order valence-electron chi connectivity index (χ0n) is 13.5. The van der Waals surface area contributed by atoms with Crippen molar-refractivity contribution in [1.82, 2.24) is 4.98 Å². The average molecular weight is 383 g/mol. The molecular formula is C18H10FN3O4S. The number of thiazole rings is 1. The number of benzene rings is 2. The Morgan fingerprint density at radius 3 is 2.81 bits per heavy atom. The smallest absolute Gasteiger partial charge is 0.293 e. The number of para-hydroxylation sites is 1. The molecule has 9 heteroatoms. The third-order valence-corrected chi connectivity index (χ3v) is 4.70. The van der Waals surface area contributed by atoms with Crippen LogP contribution in [0.15, 0.2) is 59.0 Å². The van der Waals surface area contributed by atoms with Gasteiger partial charge in [0.1, 0.15) is 11.6 Å². The summed E-state index contributed by atoms with van der Waals surface area (Å²) in [6.45, 7) is 0. The molecule has 0 radical (unpaired) electrons. The van der Waals surface area contributed by atoms with Crippen molar-refractivity contribution >= 4 is 38.3 Å². The molecule has 0 saturated heterocycles. The lowest BCUT2D eigenvalue weighted by molar-refractivity contribution is -0.384. The number of hydrogen-bond donors (Lipinski definition) is 1. The van der Waals surface area contributed by atoms with Crippen molar-refractivity contribution in [2.45, 2.75) is 0 Å². The normalized spacial score (nSPS) is 10.9. The van der Waals surface area contributed by atoms with E-state index in [1.165, 1.54) is 36.4 Å². The van der Waals surface area contributed by atoms with E-state index in [1.54, 1.807) is 18.2 Å². The minimum absolute atomic E-state index is 0.0198. The van der Waals surface area contributed by atoms with E-state index >= 15 is 0 Å². The Kier molecular flexibility index (Phi) is 4.13. The lowest BCUT2D eigenvalue weighted by Crippen LogP contribution is -2.10. The highest BCUT2D eigenvalue weighted by molar-refractivity contribution is 7.22. The molecule has 1 amide bonds. The second-order valence-corrected chi connectivity index (χ2v) is 6.55. The Bertz CT molecular complexity index is 1180. The molecule has 2 aromatic carbocycles. The molecule has 0 aliphatic carbocycles. The van der Waals surface area contributed by atoms with Gasteiger partial charge < -0.3 is 4.42 Å². The molecule has 134 valence electrons. The third kappa shape index (κ3) is 3.27. The molecule has 4 aromatic rings. The van der Waals surface area contributed by atoms with E-state index in [1.807, 2.05) is 0 Å². The first-order valence-corrected chi connectivity index (χ1v) is 8.54. The minimum atomic E-state index is -0.556. The molecule has 7 nitrogen and oxygen atoms in total. The summed E-state index contributed by atoms with van der Waals surface area (Å²) in [5.41, 5.74) is 0.723. The molecule has 0 fully saturated rings. The number of furan rings is 1. The summed E-state index contributed by atoms with van der Waals surface area (Å²) in [5.74, 6) is -0.754. The number of carbonyl (C=O) groups is 1. The summed E-state index contributed by atoms with van der Waals surface area (Å²) in [7, 11) is 0. The molecule has 2 aromatic heterocycles. The second-order valence-electron chi connectivity index (χ2n) is 5.52. The Labute approximate surface area is 155 Å². The van der Waals surface area contributed by atoms with Crippen LogP contribution in [0.1, 0.15) is 10.6 Å². The van der Waals surface area contributed by atoms with Crippen molar-refractivity contribution in [3.8, 4) is 11.3 Å². The van der Waals surface area contributed by atoms with Crippen molar-refractivity contribution < 1.29 is 18.5 Å². The predicted molar refractivity (Wildman–Crippen MR) is 98.3 cm³/mol. The first-order chi connectivity index (χ1) is 13.0. The fourth-order valence-corrected chi connectivity index (χ4v) is 3.44. The topological polar surface area (TPSA) is 98.3 Å². The maximum Gasteiger partial charge on any atom is 0.293 e. The lowest BCUT2D eigenvalue weighted by atomic mass is 10.1. The first kappa shape index (κ1) is 16.9. The van der Waals surface area contributed by atoms with Crippen molar-refractivity contribution in [1.29, 1.82) is 0 Å². The number of nitro benzene ring substituents is 1. The van der Waals surface area contributed by atoms with Crippen LogP contribution in [0, 0.1) is 15.9 Å². The Hall–Kier alpha value is -3.59. The summed E-state index contributed by atoms with van der Waals surface area (Å²) in [4.78, 5) is 27.2. The van der Waals surface area contributed by atoms with Crippen LogP contribution in [0.5, 0.6) is 0 Å². The number of hydrogen-bond acceptors (Lipinski definition) is 6. The van der Waals surface area contributed by atoms with Crippen LogP contribution in [0.3, 0.4) is 0 Å². The number of amides is 1. The van der Waals surface area contributed by atoms with E-state index in [0.717, 1.165) is 11.3 Å². The molecule has 27 heavy (non-hydrogen) atoms. The summed E-state index contributed by atoms with van der Waals surface area (Å²) in [6, 6.07) is 13.2. The van der Waals surface area contributed by atoms with E-state index in [9.17, 15) is 19.3 Å². The Morgan fingerprint density at radius 2 is 2.00 bits per heavy atom. The molecule has 0 aliphatic heterocycles. The van der Waals surface area contributed by atoms with Gasteiger partial charge in [-0.05, 0) is 36.4 Å². The SMILES string of the molecule is O=C(Nc1nc2ccc(F)cc2s1)c1ccc(-c2ccccc2[N+](=O)[O-])o1. The van der Waals surface area contributed by atoms with Gasteiger partial charge in [0, 0.05) is 6.07 Å². The van der Waals surface area contributed by atoms with Gasteiger partial charge in [0.2, 0.25) is 0 Å². The van der Waals surface area contributed by atoms with E-state index in [2.05, 4.69) is 10.3 Å². The number of carbonyl (C=O) groups excluding carboxylic acids is 1. The zero-order valence-corrected chi connectivity index (χ0v) is 14.3. The van der Waals surface area contributed by atoms with Gasteiger partial charge in [-0.25, -0.2) is 9.37 Å². The van der Waals surface area contributed by atoms with Gasteiger partial charge in [-0.3, -0.25) is 20.2 Å². The number of fused-ring (bicyclic) bond motifs is 1. The first-order valence-electron chi connectivity index (χ1n) is 7.72. The molecule has 0 aliphatic rings. The monoisotopic (exact) mass is 383 g/mol. The van der Waals surface area contributed by atoms with E-state index < -0.39 is 10.8 Å². The molecule has 0 spiro atoms. The van der Waals surface area contributed by atoms with Crippen LogP contribution in [0.25, 0.3) is 21.5 Å². The predicted octanol–water partition coefficient (Wildman–Crippen LogP) is 4.86. The number of nitrogens with one attached hydrogen (secondary N) is 1. The number of halogens is 1. The molecular weight excluding hydrogens is 373 g/mol. The highest BCUT2D eigenvalue weighted by Gasteiger charge is 2.20. The quantitative estimate of drug-likeness (QED) is 0.401. The molecule has 2 heterocycles. The summed E-state index contributed by atoms with van der Waals surface area (Å²) in [6.07, 6.45) is 0. The number of aromatic nitrogens is 1. The highest BCUT2D eigenvalue weighted by atomic mass is 32.1. The van der Waals surface area contributed by atoms with E-state index in [0.29, 0.717) is 15.3 Å². The summed E-state index contributed by atoms with van der Waals surface area (Å²) in [5, 5.41) is 14.0. The Balaban J connectivity index is 1.59. The second kappa shape index (κ2) is 6.61. The van der Waals surface area contributed by atoms with Gasteiger partial charge in [0.15, 0.2) is 10.9 Å². The number of rotatable bonds is 4. The number of nitrogens with zero attached hydrogens (tertiary/aromatic N) is 2. The van der Waals surface area contributed by atoms with Gasteiger partial charge in [-0.2, -0.15) is 0 Å². The summed E-state index contributed by atoms with van der Waals surface area (Å²) >= 11 is 1.13. The van der Waals surface area contributed by atoms with Crippen LogP contribution in [-0.4, -0.2) is 15.8 Å². The molecule has 1 N–H and O–H groups in total. The molecule has 0 atom stereocenters. The van der Waals surface area contributed by atoms with E-state index in [4.69, 9.17) is 4.42 Å². The average Bonchev–Trinajstić information content (AvgIpc) is 3.28. The van der Waals surface area contributed by atoms with Gasteiger partial charge in [0.05, 0.1) is 20.7 Å². The van der Waals surface area contributed by atoms with Gasteiger partial charge >= 0.3 is 0 Å². The zero-order chi connectivity index (χ0) is 19.0. The lowest BCUT2D eigenvalue weighted by Gasteiger charge is -2.00. The van der Waals surface area contributed by atoms with Crippen molar-refractivity contribution in [3.05, 3.63) is 76.3 Å². The number of nitro groups is 1.